The molecule has 1 aliphatic carbocycles. The Morgan fingerprint density at radius 2 is 1.95 bits per heavy atom. The second-order valence-electron chi connectivity index (χ2n) is 7.71. The molecule has 2 N–H and O–H groups in total. The van der Waals surface area contributed by atoms with E-state index in [4.69, 9.17) is 5.73 Å². The van der Waals surface area contributed by atoms with Crippen LogP contribution in [0.1, 0.15) is 66.2 Å². The maximum atomic E-state index is 6.28. The number of likely N-dealkylation sites (tertiary alicyclic amines) is 1. The smallest absolute Gasteiger partial charge is 0.0334 e. The van der Waals surface area contributed by atoms with Gasteiger partial charge >= 0.3 is 0 Å². The molecule has 0 radical (unpaired) electrons. The first-order valence-electron chi connectivity index (χ1n) is 8.45. The first-order valence-corrected chi connectivity index (χ1v) is 8.45. The monoisotopic (exact) mass is 266 g/mol. The van der Waals surface area contributed by atoms with Gasteiger partial charge in [-0.15, -0.1) is 0 Å². The van der Waals surface area contributed by atoms with Crippen LogP contribution in [0.4, 0.5) is 0 Å². The molecule has 1 heterocycles. The molecule has 1 aliphatic heterocycles. The Labute approximate surface area is 120 Å². The average molecular weight is 266 g/mol. The van der Waals surface area contributed by atoms with Gasteiger partial charge in [0.15, 0.2) is 0 Å². The molecule has 0 aromatic heterocycles. The van der Waals surface area contributed by atoms with E-state index in [2.05, 4.69) is 32.6 Å². The third-order valence-corrected chi connectivity index (χ3v) is 5.91. The molecule has 1 saturated heterocycles. The standard InChI is InChI=1S/C17H34N2/c1-13(2)16-6-5-8-17(12-18,9-7-16)19-11-14(3)10-15(19)4/h13-16H,5-12,18H2,1-4H3. The minimum Gasteiger partial charge on any atom is -0.329 e. The van der Waals surface area contributed by atoms with Crippen molar-refractivity contribution >= 4 is 0 Å². The molecular formula is C17H34N2. The molecule has 1 saturated carbocycles. The topological polar surface area (TPSA) is 29.3 Å². The van der Waals surface area contributed by atoms with Crippen molar-refractivity contribution < 1.29 is 0 Å². The second kappa shape index (κ2) is 6.13. The Morgan fingerprint density at radius 1 is 1.21 bits per heavy atom. The Balaban J connectivity index is 2.10. The summed E-state index contributed by atoms with van der Waals surface area (Å²) >= 11 is 0. The Kier molecular flexibility index (Phi) is 4.94. The van der Waals surface area contributed by atoms with E-state index in [-0.39, 0.29) is 0 Å². The van der Waals surface area contributed by atoms with E-state index in [1.807, 2.05) is 0 Å². The van der Waals surface area contributed by atoms with Gasteiger partial charge in [-0.05, 0) is 50.4 Å². The average Bonchev–Trinajstić information content (AvgIpc) is 2.61. The van der Waals surface area contributed by atoms with Gasteiger partial charge in [0.1, 0.15) is 0 Å². The minimum absolute atomic E-state index is 0.313. The van der Waals surface area contributed by atoms with Crippen LogP contribution in [0.2, 0.25) is 0 Å². The predicted octanol–water partition coefficient (Wildman–Crippen LogP) is 3.65. The molecular weight excluding hydrogens is 232 g/mol. The van der Waals surface area contributed by atoms with Crippen molar-refractivity contribution in [2.24, 2.45) is 23.5 Å². The van der Waals surface area contributed by atoms with Crippen LogP contribution in [0, 0.1) is 17.8 Å². The van der Waals surface area contributed by atoms with Crippen LogP contribution in [-0.2, 0) is 0 Å². The van der Waals surface area contributed by atoms with Gasteiger partial charge in [0, 0.05) is 24.7 Å². The molecule has 2 fully saturated rings. The minimum atomic E-state index is 0.313. The van der Waals surface area contributed by atoms with Crippen LogP contribution < -0.4 is 5.73 Å². The summed E-state index contributed by atoms with van der Waals surface area (Å²) in [4.78, 5) is 2.78. The first kappa shape index (κ1) is 15.3. The summed E-state index contributed by atoms with van der Waals surface area (Å²) in [6.07, 6.45) is 8.17. The van der Waals surface area contributed by atoms with Gasteiger partial charge in [0.25, 0.3) is 0 Å². The van der Waals surface area contributed by atoms with E-state index in [0.717, 1.165) is 30.3 Å². The highest BCUT2D eigenvalue weighted by Gasteiger charge is 2.43. The van der Waals surface area contributed by atoms with E-state index in [1.54, 1.807) is 0 Å². The summed E-state index contributed by atoms with van der Waals surface area (Å²) in [5.74, 6) is 2.61. The van der Waals surface area contributed by atoms with Crippen molar-refractivity contribution in [1.82, 2.24) is 4.90 Å². The van der Waals surface area contributed by atoms with Gasteiger partial charge < -0.3 is 5.73 Å². The van der Waals surface area contributed by atoms with Gasteiger partial charge in [0.2, 0.25) is 0 Å². The lowest BCUT2D eigenvalue weighted by Gasteiger charge is -2.44. The maximum Gasteiger partial charge on any atom is 0.0334 e. The van der Waals surface area contributed by atoms with Crippen LogP contribution in [0.15, 0.2) is 0 Å². The van der Waals surface area contributed by atoms with Crippen molar-refractivity contribution in [3.8, 4) is 0 Å². The van der Waals surface area contributed by atoms with E-state index >= 15 is 0 Å². The Bertz CT molecular complexity index is 289. The summed E-state index contributed by atoms with van der Waals surface area (Å²) in [5.41, 5.74) is 6.59. The van der Waals surface area contributed by atoms with E-state index in [1.165, 1.54) is 45.1 Å². The second-order valence-corrected chi connectivity index (χ2v) is 7.71. The van der Waals surface area contributed by atoms with Gasteiger partial charge in [0.05, 0.1) is 0 Å². The van der Waals surface area contributed by atoms with Gasteiger partial charge in [-0.25, -0.2) is 0 Å². The molecule has 2 nitrogen and oxygen atoms in total. The van der Waals surface area contributed by atoms with Crippen LogP contribution >= 0.6 is 0 Å². The third kappa shape index (κ3) is 3.16. The van der Waals surface area contributed by atoms with Crippen LogP contribution in [-0.4, -0.2) is 29.6 Å². The Hall–Kier alpha value is -0.0800. The fraction of sp³-hybridized carbons (Fsp3) is 1.00. The number of nitrogens with zero attached hydrogens (tertiary/aromatic N) is 1. The highest BCUT2D eigenvalue weighted by atomic mass is 15.3. The number of hydrogen-bond donors (Lipinski definition) is 1. The van der Waals surface area contributed by atoms with Crippen molar-refractivity contribution in [2.75, 3.05) is 13.1 Å². The summed E-state index contributed by atoms with van der Waals surface area (Å²) in [6, 6.07) is 0.731. The van der Waals surface area contributed by atoms with Crippen LogP contribution in [0.5, 0.6) is 0 Å². The van der Waals surface area contributed by atoms with Gasteiger partial charge in [-0.3, -0.25) is 4.90 Å². The van der Waals surface area contributed by atoms with Crippen LogP contribution in [0.3, 0.4) is 0 Å². The number of rotatable bonds is 3. The summed E-state index contributed by atoms with van der Waals surface area (Å²) in [6.45, 7) is 11.7. The molecule has 112 valence electrons. The molecule has 2 aliphatic rings. The zero-order chi connectivity index (χ0) is 14.0. The zero-order valence-electron chi connectivity index (χ0n) is 13.5. The SMILES string of the molecule is CC1CC(C)N(C2(CN)CCCC(C(C)C)CC2)C1. The zero-order valence-corrected chi connectivity index (χ0v) is 13.5. The molecule has 0 aromatic rings. The predicted molar refractivity (Wildman–Crippen MR) is 83.1 cm³/mol. The highest BCUT2D eigenvalue weighted by molar-refractivity contribution is 4.99. The maximum absolute atomic E-state index is 6.28. The fourth-order valence-corrected chi connectivity index (χ4v) is 4.65. The lowest BCUT2D eigenvalue weighted by Crippen LogP contribution is -2.55. The van der Waals surface area contributed by atoms with E-state index in [9.17, 15) is 0 Å². The lowest BCUT2D eigenvalue weighted by atomic mass is 9.85. The van der Waals surface area contributed by atoms with Crippen LogP contribution in [0.25, 0.3) is 0 Å². The molecule has 0 spiro atoms. The molecule has 0 aromatic carbocycles. The molecule has 0 bridgehead atoms. The van der Waals surface area contributed by atoms with E-state index < -0.39 is 0 Å². The summed E-state index contributed by atoms with van der Waals surface area (Å²) < 4.78 is 0. The first-order chi connectivity index (χ1) is 8.98. The normalized spacial score (nSPS) is 41.7. The molecule has 4 unspecified atom stereocenters. The van der Waals surface area contributed by atoms with Crippen molar-refractivity contribution in [1.29, 1.82) is 0 Å². The number of hydrogen-bond acceptors (Lipinski definition) is 2. The molecule has 2 heteroatoms. The Morgan fingerprint density at radius 3 is 2.47 bits per heavy atom. The summed E-state index contributed by atoms with van der Waals surface area (Å²) in [5, 5.41) is 0. The van der Waals surface area contributed by atoms with Gasteiger partial charge in [-0.2, -0.15) is 0 Å². The largest absolute Gasteiger partial charge is 0.329 e. The fourth-order valence-electron chi connectivity index (χ4n) is 4.65. The molecule has 19 heavy (non-hydrogen) atoms. The lowest BCUT2D eigenvalue weighted by molar-refractivity contribution is 0.0679. The van der Waals surface area contributed by atoms with Crippen molar-refractivity contribution in [2.45, 2.75) is 77.8 Å². The quantitative estimate of drug-likeness (QED) is 0.790. The van der Waals surface area contributed by atoms with Crippen molar-refractivity contribution in [3.63, 3.8) is 0 Å². The molecule has 2 rings (SSSR count). The van der Waals surface area contributed by atoms with E-state index in [0.29, 0.717) is 5.54 Å². The summed E-state index contributed by atoms with van der Waals surface area (Å²) in [7, 11) is 0. The van der Waals surface area contributed by atoms with Crippen molar-refractivity contribution in [3.05, 3.63) is 0 Å². The third-order valence-electron chi connectivity index (χ3n) is 5.91. The number of nitrogens with two attached hydrogens (primary N) is 1. The van der Waals surface area contributed by atoms with Gasteiger partial charge in [-0.1, -0.05) is 33.6 Å². The molecule has 4 atom stereocenters. The molecule has 0 amide bonds. The highest BCUT2D eigenvalue weighted by Crippen LogP contribution is 2.41.